The van der Waals surface area contributed by atoms with Crippen molar-refractivity contribution in [3.8, 4) is 0 Å². The fraction of sp³-hybridized carbons (Fsp3) is 1.00. The number of hydrogen-bond acceptors (Lipinski definition) is 3. The molecule has 0 aromatic carbocycles. The van der Waals surface area contributed by atoms with Gasteiger partial charge in [-0.1, -0.05) is 13.8 Å². The van der Waals surface area contributed by atoms with Crippen LogP contribution in [0.5, 0.6) is 0 Å². The summed E-state index contributed by atoms with van der Waals surface area (Å²) in [5.41, 5.74) is -0.0724. The standard InChI is InChI=1S/C15H26F3NO2/c1-11(2)19-9-14(5-7-20-10-15(16,17)18)6-8-21-13(14)12-3-4-12/h11-13,19H,3-10H2,1-2H3. The summed E-state index contributed by atoms with van der Waals surface area (Å²) in [6.45, 7) is 4.65. The van der Waals surface area contributed by atoms with E-state index in [-0.39, 0.29) is 18.1 Å². The Morgan fingerprint density at radius 1 is 1.33 bits per heavy atom. The van der Waals surface area contributed by atoms with Crippen LogP contribution in [0.3, 0.4) is 0 Å². The molecule has 2 rings (SSSR count). The Balaban J connectivity index is 1.89. The second-order valence-corrected chi connectivity index (χ2v) is 6.69. The molecule has 21 heavy (non-hydrogen) atoms. The molecule has 1 aliphatic heterocycles. The highest BCUT2D eigenvalue weighted by Gasteiger charge is 2.50. The molecular weight excluding hydrogens is 283 g/mol. The Bertz CT molecular complexity index is 331. The van der Waals surface area contributed by atoms with Crippen LogP contribution in [-0.2, 0) is 9.47 Å². The maximum absolute atomic E-state index is 12.2. The monoisotopic (exact) mass is 309 g/mol. The molecule has 0 spiro atoms. The van der Waals surface area contributed by atoms with Gasteiger partial charge in [-0.05, 0) is 31.6 Å². The van der Waals surface area contributed by atoms with Crippen LogP contribution < -0.4 is 5.32 Å². The second kappa shape index (κ2) is 6.84. The highest BCUT2D eigenvalue weighted by Crippen LogP contribution is 2.49. The van der Waals surface area contributed by atoms with Gasteiger partial charge < -0.3 is 14.8 Å². The van der Waals surface area contributed by atoms with Gasteiger partial charge in [0.25, 0.3) is 0 Å². The molecule has 2 fully saturated rings. The molecule has 1 saturated heterocycles. The van der Waals surface area contributed by atoms with E-state index in [0.717, 1.165) is 13.0 Å². The third-order valence-corrected chi connectivity index (χ3v) is 4.42. The summed E-state index contributed by atoms with van der Waals surface area (Å²) in [6.07, 6.45) is -0.175. The van der Waals surface area contributed by atoms with Gasteiger partial charge >= 0.3 is 6.18 Å². The quantitative estimate of drug-likeness (QED) is 0.699. The predicted molar refractivity (Wildman–Crippen MR) is 74.1 cm³/mol. The van der Waals surface area contributed by atoms with Crippen molar-refractivity contribution in [2.75, 3.05) is 26.4 Å². The van der Waals surface area contributed by atoms with Gasteiger partial charge in [-0.15, -0.1) is 0 Å². The molecule has 0 aromatic rings. The van der Waals surface area contributed by atoms with Gasteiger partial charge in [0.1, 0.15) is 6.61 Å². The van der Waals surface area contributed by atoms with E-state index < -0.39 is 12.8 Å². The fourth-order valence-corrected chi connectivity index (χ4v) is 3.16. The molecule has 3 nitrogen and oxygen atoms in total. The number of rotatable bonds is 8. The van der Waals surface area contributed by atoms with E-state index in [0.29, 0.717) is 25.0 Å². The summed E-state index contributed by atoms with van der Waals surface area (Å²) in [5.74, 6) is 0.587. The molecule has 0 amide bonds. The zero-order valence-corrected chi connectivity index (χ0v) is 12.8. The lowest BCUT2D eigenvalue weighted by molar-refractivity contribution is -0.176. The van der Waals surface area contributed by atoms with E-state index >= 15 is 0 Å². The first-order valence-corrected chi connectivity index (χ1v) is 7.82. The van der Waals surface area contributed by atoms with Crippen molar-refractivity contribution in [3.63, 3.8) is 0 Å². The summed E-state index contributed by atoms with van der Waals surface area (Å²) in [6, 6.07) is 0.360. The summed E-state index contributed by atoms with van der Waals surface area (Å²) in [5, 5.41) is 3.44. The zero-order chi connectivity index (χ0) is 15.5. The van der Waals surface area contributed by atoms with Crippen LogP contribution in [0.4, 0.5) is 13.2 Å². The molecular formula is C15H26F3NO2. The first-order valence-electron chi connectivity index (χ1n) is 7.82. The number of nitrogens with one attached hydrogen (secondary N) is 1. The molecule has 1 saturated carbocycles. The van der Waals surface area contributed by atoms with Crippen LogP contribution in [0.2, 0.25) is 0 Å². The van der Waals surface area contributed by atoms with Crippen molar-refractivity contribution in [2.24, 2.45) is 11.3 Å². The minimum Gasteiger partial charge on any atom is -0.377 e. The van der Waals surface area contributed by atoms with Crippen molar-refractivity contribution in [3.05, 3.63) is 0 Å². The highest BCUT2D eigenvalue weighted by molar-refractivity contribution is 5.00. The predicted octanol–water partition coefficient (Wildman–Crippen LogP) is 3.14. The Kier molecular flexibility index (Phi) is 5.54. The molecule has 0 bridgehead atoms. The van der Waals surface area contributed by atoms with Gasteiger partial charge in [0.2, 0.25) is 0 Å². The smallest absolute Gasteiger partial charge is 0.377 e. The third kappa shape index (κ3) is 5.11. The number of halogens is 3. The zero-order valence-electron chi connectivity index (χ0n) is 12.8. The largest absolute Gasteiger partial charge is 0.411 e. The summed E-state index contributed by atoms with van der Waals surface area (Å²) in [4.78, 5) is 0. The molecule has 2 atom stereocenters. The number of ether oxygens (including phenoxy) is 2. The van der Waals surface area contributed by atoms with Crippen molar-refractivity contribution < 1.29 is 22.6 Å². The van der Waals surface area contributed by atoms with Crippen LogP contribution in [0, 0.1) is 11.3 Å². The SMILES string of the molecule is CC(C)NCC1(CCOCC(F)(F)F)CCOC1C1CC1. The first kappa shape index (κ1) is 17.0. The van der Waals surface area contributed by atoms with Gasteiger partial charge in [-0.2, -0.15) is 13.2 Å². The average Bonchev–Trinajstić information content (AvgIpc) is 3.13. The maximum Gasteiger partial charge on any atom is 0.411 e. The second-order valence-electron chi connectivity index (χ2n) is 6.69. The average molecular weight is 309 g/mol. The fourth-order valence-electron chi connectivity index (χ4n) is 3.16. The minimum absolute atomic E-state index is 0.0724. The molecule has 124 valence electrons. The Labute approximate surface area is 124 Å². The molecule has 0 radical (unpaired) electrons. The molecule has 1 heterocycles. The normalized spacial score (nSPS) is 30.3. The van der Waals surface area contributed by atoms with Gasteiger partial charge in [-0.3, -0.25) is 0 Å². The van der Waals surface area contributed by atoms with E-state index in [9.17, 15) is 13.2 Å². The molecule has 6 heteroatoms. The maximum atomic E-state index is 12.2. The van der Waals surface area contributed by atoms with Crippen LogP contribution >= 0.6 is 0 Å². The Morgan fingerprint density at radius 3 is 2.62 bits per heavy atom. The first-order chi connectivity index (χ1) is 9.82. The van der Waals surface area contributed by atoms with Gasteiger partial charge in [0.05, 0.1) is 6.10 Å². The van der Waals surface area contributed by atoms with Crippen LogP contribution in [0.1, 0.15) is 39.5 Å². The lowest BCUT2D eigenvalue weighted by Gasteiger charge is -2.35. The van der Waals surface area contributed by atoms with Crippen molar-refractivity contribution in [2.45, 2.75) is 57.9 Å². The van der Waals surface area contributed by atoms with E-state index in [1.54, 1.807) is 0 Å². The van der Waals surface area contributed by atoms with Crippen LogP contribution in [-0.4, -0.2) is 44.7 Å². The summed E-state index contributed by atoms with van der Waals surface area (Å²) < 4.78 is 47.2. The van der Waals surface area contributed by atoms with Crippen molar-refractivity contribution >= 4 is 0 Å². The number of hydrogen-bond donors (Lipinski definition) is 1. The molecule has 1 N–H and O–H groups in total. The Hall–Kier alpha value is -0.330. The minimum atomic E-state index is -4.24. The molecule has 1 aliphatic carbocycles. The molecule has 2 aliphatic rings. The van der Waals surface area contributed by atoms with Crippen molar-refractivity contribution in [1.29, 1.82) is 0 Å². The van der Waals surface area contributed by atoms with E-state index in [1.165, 1.54) is 12.8 Å². The van der Waals surface area contributed by atoms with E-state index in [4.69, 9.17) is 9.47 Å². The van der Waals surface area contributed by atoms with Crippen LogP contribution in [0.15, 0.2) is 0 Å². The Morgan fingerprint density at radius 2 is 2.05 bits per heavy atom. The topological polar surface area (TPSA) is 30.5 Å². The van der Waals surface area contributed by atoms with Crippen LogP contribution in [0.25, 0.3) is 0 Å². The number of alkyl halides is 3. The van der Waals surface area contributed by atoms with Gasteiger partial charge in [0, 0.05) is 31.2 Å². The highest BCUT2D eigenvalue weighted by atomic mass is 19.4. The van der Waals surface area contributed by atoms with Crippen molar-refractivity contribution in [1.82, 2.24) is 5.32 Å². The summed E-state index contributed by atoms with van der Waals surface area (Å²) >= 11 is 0. The summed E-state index contributed by atoms with van der Waals surface area (Å²) in [7, 11) is 0. The van der Waals surface area contributed by atoms with E-state index in [1.807, 2.05) is 0 Å². The molecule has 2 unspecified atom stereocenters. The third-order valence-electron chi connectivity index (χ3n) is 4.42. The van der Waals surface area contributed by atoms with Gasteiger partial charge in [0.15, 0.2) is 0 Å². The lowest BCUT2D eigenvalue weighted by Crippen LogP contribution is -2.44. The molecule has 0 aromatic heterocycles. The lowest BCUT2D eigenvalue weighted by atomic mass is 9.76. The van der Waals surface area contributed by atoms with Gasteiger partial charge in [-0.25, -0.2) is 0 Å². The van der Waals surface area contributed by atoms with E-state index in [2.05, 4.69) is 19.2 Å².